The molecule has 0 spiro atoms. The molecule has 20 heteroatoms. The lowest BCUT2D eigenvalue weighted by Gasteiger charge is -2.03. The minimum absolute atomic E-state index is 0.0573. The first-order valence-corrected chi connectivity index (χ1v) is 38.4. The zero-order chi connectivity index (χ0) is 80.1. The molecular weight excluding hydrogens is 1280 g/mol. The van der Waals surface area contributed by atoms with Gasteiger partial charge in [0.05, 0.1) is 25.5 Å². The third-order valence-corrected chi connectivity index (χ3v) is 11.0. The molecule has 1 amide bonds. The monoisotopic (exact) mass is 1440 g/mol. The van der Waals surface area contributed by atoms with Gasteiger partial charge in [-0.3, -0.25) is 48.7 Å². The van der Waals surface area contributed by atoms with E-state index >= 15 is 0 Å². The van der Waals surface area contributed by atoms with E-state index in [1.165, 1.54) is 116 Å². The lowest BCUT2D eigenvalue weighted by Crippen LogP contribution is -2.19. The Morgan fingerprint density at radius 3 is 1.08 bits per heavy atom. The predicted molar refractivity (Wildman–Crippen MR) is 426 cm³/mol. The molecule has 3 aromatic rings. The maximum Gasteiger partial charge on any atom is 0.303 e. The highest BCUT2D eigenvalue weighted by Crippen LogP contribution is 2.00. The quantitative estimate of drug-likeness (QED) is 0.0188. The number of pyridine rings is 2. The van der Waals surface area contributed by atoms with Crippen molar-refractivity contribution >= 4 is 35.8 Å². The van der Waals surface area contributed by atoms with Crippen LogP contribution in [0.25, 0.3) is 0 Å². The molecule has 101 heavy (non-hydrogen) atoms. The summed E-state index contributed by atoms with van der Waals surface area (Å²) in [5, 5.41) is 42.8. The van der Waals surface area contributed by atoms with Crippen molar-refractivity contribution in [1.82, 2.24) is 30.2 Å². The van der Waals surface area contributed by atoms with Crippen molar-refractivity contribution in [2.45, 2.75) is 338 Å². The van der Waals surface area contributed by atoms with Gasteiger partial charge in [-0.2, -0.15) is 0 Å². The van der Waals surface area contributed by atoms with Crippen LogP contribution in [-0.2, 0) is 62.2 Å². The van der Waals surface area contributed by atoms with Crippen LogP contribution in [0.3, 0.4) is 0 Å². The van der Waals surface area contributed by atoms with Crippen molar-refractivity contribution in [3.8, 4) is 0 Å². The van der Waals surface area contributed by atoms with Gasteiger partial charge in [-0.25, -0.2) is 0 Å². The average molecular weight is 1440 g/mol. The summed E-state index contributed by atoms with van der Waals surface area (Å²) >= 11 is 0. The largest absolute Gasteiger partial charge is 0.481 e. The fraction of sp³-hybridized carbons (Fsp3) is 0.753. The molecule has 0 saturated carbocycles. The Labute approximate surface area is 621 Å². The topological polar surface area (TPSA) is 298 Å². The Kier molecular flexibility index (Phi) is 150. The second-order valence-electron chi connectivity index (χ2n) is 22.8. The number of aromatic nitrogens is 4. The standard InChI is InChI=1S/2C8H11N.C7H10N2.C7H14O2.C6H12O2.C6H14.C5H11NO.C5H13N.2C5H10O2.C5H12O.C4H8O2.C4H10O.C3H8O.C3H8/c1-2-5-8-6-3-4-7-9-8;1-2-3-8-4-6-9-7-5-8;1-2-3-7-6-8-4-5-9-7;1-3-4-5-6-9-7(2)8;1-3-4-5-8-6(2)7;1-3-5-6-4-2;1-3-4-6-5(2)7;1-4-5-6(2)3;1-3-4-7-5(2)6;1-2-3-4-5(6)7;1-2-3-4-5-6;1-2-3-4(5)6;1-2-3-4-5;1-2-3-4;1-3-2/h3-4,6-7H,2,5H2,1H3;4-7H,2-3H2,1H3;4-6H,2-3H2,1H3;3-6H2,1-2H3;3-5H2,1-2H3;3-6H2,1-2H3;3-4H2,1-2H3,(H,6,7);4-5H2,1-3H3;3-4H2,1-2H3;2-4H2,1H3,(H,6,7);6H,2-5H2,1H3;2-3H2,1H3,(H,5,6);5H,2-4H2,1H3;4H,2-3H2,1H3;3H2,1-2H3. The number of amides is 1. The lowest BCUT2D eigenvalue weighted by molar-refractivity contribution is -0.142. The Morgan fingerprint density at radius 1 is 0.396 bits per heavy atom. The summed E-state index contributed by atoms with van der Waals surface area (Å²) in [7, 11) is 4.17. The average Bonchev–Trinajstić information content (AvgIpc) is 1.49. The van der Waals surface area contributed by atoms with E-state index in [4.69, 9.17) is 30.3 Å². The molecule has 0 radical (unpaired) electrons. The smallest absolute Gasteiger partial charge is 0.303 e. The molecule has 600 valence electrons. The molecule has 0 aliphatic heterocycles. The first-order valence-electron chi connectivity index (χ1n) is 38.4. The van der Waals surface area contributed by atoms with Crippen molar-refractivity contribution in [3.63, 3.8) is 0 Å². The number of aryl methyl sites for hydroxylation is 3. The molecule has 3 rings (SSSR count). The SMILES string of the molecule is CCC.CCCC(=O)O.CCCCC(=O)O.CCCCCC.CCCCCO.CCCCCOC(C)=O.CCCCO.CCCCOC(C)=O.CCCN(C)C.CCCNC(C)=O.CCCO.CCCOC(C)=O.CCCc1ccccn1.CCCc1ccncc1.CCCc1cnccn1. The van der Waals surface area contributed by atoms with E-state index in [1.807, 2.05) is 71.5 Å². The summed E-state index contributed by atoms with van der Waals surface area (Å²) in [5.41, 5.74) is 3.66. The molecule has 3 heterocycles. The maximum atomic E-state index is 10.2. The number of carbonyl (C=O) groups excluding carboxylic acids is 4. The minimum atomic E-state index is -0.711. The van der Waals surface area contributed by atoms with Gasteiger partial charge in [0.15, 0.2) is 0 Å². The first-order chi connectivity index (χ1) is 48.3. The number of hydrogen-bond acceptors (Lipinski definition) is 17. The highest BCUT2D eigenvalue weighted by atomic mass is 16.5. The molecule has 6 N–H and O–H groups in total. The van der Waals surface area contributed by atoms with Gasteiger partial charge in [0.1, 0.15) is 0 Å². The number of nitrogens with zero attached hydrogens (tertiary/aromatic N) is 5. The van der Waals surface area contributed by atoms with Gasteiger partial charge in [0.2, 0.25) is 5.91 Å². The van der Waals surface area contributed by atoms with E-state index in [2.05, 4.69) is 155 Å². The molecule has 0 aliphatic carbocycles. The number of aliphatic carboxylic acids is 2. The van der Waals surface area contributed by atoms with Gasteiger partial charge in [0, 0.05) is 110 Å². The molecular formula is C81H162N6O14. The molecule has 0 aromatic carbocycles. The number of carbonyl (C=O) groups is 6. The molecule has 0 saturated heterocycles. The number of hydrogen-bond donors (Lipinski definition) is 6. The van der Waals surface area contributed by atoms with E-state index in [0.29, 0.717) is 52.5 Å². The van der Waals surface area contributed by atoms with Crippen LogP contribution in [0.4, 0.5) is 0 Å². The summed E-state index contributed by atoms with van der Waals surface area (Å²) in [6, 6.07) is 10.1. The number of aliphatic hydroxyl groups is 3. The zero-order valence-corrected chi connectivity index (χ0v) is 69.4. The fourth-order valence-corrected chi connectivity index (χ4v) is 5.84. The Balaban J connectivity index is -0.0000000846. The van der Waals surface area contributed by atoms with Crippen molar-refractivity contribution in [2.24, 2.45) is 0 Å². The normalized spacial score (nSPS) is 8.82. The van der Waals surface area contributed by atoms with Crippen LogP contribution in [-0.4, -0.2) is 153 Å². The van der Waals surface area contributed by atoms with Crippen LogP contribution in [0.5, 0.6) is 0 Å². The highest BCUT2D eigenvalue weighted by Gasteiger charge is 1.94. The van der Waals surface area contributed by atoms with Crippen LogP contribution in [0, 0.1) is 0 Å². The van der Waals surface area contributed by atoms with Gasteiger partial charge in [-0.15, -0.1) is 0 Å². The second-order valence-corrected chi connectivity index (χ2v) is 22.8. The fourth-order valence-electron chi connectivity index (χ4n) is 5.84. The molecule has 0 fully saturated rings. The Bertz CT molecular complexity index is 1770. The highest BCUT2D eigenvalue weighted by molar-refractivity contribution is 5.72. The number of ether oxygens (including phenoxy) is 3. The van der Waals surface area contributed by atoms with Crippen molar-refractivity contribution in [2.75, 3.05) is 66.8 Å². The Hall–Kier alpha value is -5.96. The van der Waals surface area contributed by atoms with Gasteiger partial charge >= 0.3 is 29.8 Å². The van der Waals surface area contributed by atoms with Crippen LogP contribution in [0.15, 0.2) is 67.5 Å². The summed E-state index contributed by atoms with van der Waals surface area (Å²) in [5.74, 6) is -1.90. The number of rotatable bonds is 33. The van der Waals surface area contributed by atoms with Crippen molar-refractivity contribution in [3.05, 3.63) is 84.5 Å². The van der Waals surface area contributed by atoms with Gasteiger partial charge in [0.25, 0.3) is 0 Å². The van der Waals surface area contributed by atoms with Gasteiger partial charge in [-0.05, 0) is 134 Å². The first kappa shape index (κ1) is 122. The van der Waals surface area contributed by atoms with E-state index < -0.39 is 11.9 Å². The zero-order valence-electron chi connectivity index (χ0n) is 69.4. The van der Waals surface area contributed by atoms with Crippen molar-refractivity contribution in [1.29, 1.82) is 0 Å². The van der Waals surface area contributed by atoms with Gasteiger partial charge < -0.3 is 50.0 Å². The van der Waals surface area contributed by atoms with E-state index in [-0.39, 0.29) is 23.8 Å². The number of aliphatic hydroxyl groups excluding tert-OH is 3. The molecule has 0 atom stereocenters. The maximum absolute atomic E-state index is 10.2. The summed E-state index contributed by atoms with van der Waals surface area (Å²) < 4.78 is 13.9. The molecule has 3 aromatic heterocycles. The Morgan fingerprint density at radius 2 is 0.822 bits per heavy atom. The second kappa shape index (κ2) is 124. The molecule has 0 unspecified atom stereocenters. The van der Waals surface area contributed by atoms with Gasteiger partial charge in [-0.1, -0.05) is 220 Å². The molecule has 20 nitrogen and oxygen atoms in total. The minimum Gasteiger partial charge on any atom is -0.481 e. The molecule has 0 aliphatic rings. The van der Waals surface area contributed by atoms with Crippen molar-refractivity contribution < 1.29 is 68.5 Å². The van der Waals surface area contributed by atoms with Crippen LogP contribution >= 0.6 is 0 Å². The van der Waals surface area contributed by atoms with E-state index in [1.54, 1.807) is 12.4 Å². The van der Waals surface area contributed by atoms with E-state index in [9.17, 15) is 28.8 Å². The number of carboxylic acids is 2. The summed E-state index contributed by atoms with van der Waals surface area (Å²) in [6.45, 7) is 46.0. The van der Waals surface area contributed by atoms with Crippen LogP contribution in [0.2, 0.25) is 0 Å². The number of nitrogens with one attached hydrogen (secondary N) is 1. The van der Waals surface area contributed by atoms with Crippen LogP contribution < -0.4 is 5.32 Å². The molecule has 0 bridgehead atoms. The third-order valence-electron chi connectivity index (χ3n) is 11.0. The predicted octanol–water partition coefficient (Wildman–Crippen LogP) is 19.5. The number of esters is 3. The lowest BCUT2D eigenvalue weighted by atomic mass is 10.2. The van der Waals surface area contributed by atoms with Crippen LogP contribution in [0.1, 0.15) is 336 Å². The van der Waals surface area contributed by atoms with E-state index in [0.717, 1.165) is 121 Å². The summed E-state index contributed by atoms with van der Waals surface area (Å²) in [6.07, 6.45) is 42.2. The third kappa shape index (κ3) is 188. The number of carboxylic acid groups (broad SMARTS) is 2. The summed E-state index contributed by atoms with van der Waals surface area (Å²) in [4.78, 5) is 78.0. The number of unbranched alkanes of at least 4 members (excludes halogenated alkanes) is 10.